The van der Waals surface area contributed by atoms with Crippen LogP contribution in [0.2, 0.25) is 0 Å². The number of rotatable bonds is 6. The summed E-state index contributed by atoms with van der Waals surface area (Å²) in [6, 6.07) is 11.8. The number of nitro benzene ring substituents is 1. The number of non-ortho nitro benzene ring substituents is 1. The van der Waals surface area contributed by atoms with Crippen molar-refractivity contribution in [2.75, 3.05) is 11.3 Å². The maximum Gasteiger partial charge on any atom is 0.341 e. The average molecular weight is 361 g/mol. The predicted octanol–water partition coefficient (Wildman–Crippen LogP) is 2.08. The number of hydrogen-bond donors (Lipinski definition) is 1. The zero-order valence-electron chi connectivity index (χ0n) is 12.6. The van der Waals surface area contributed by atoms with Gasteiger partial charge in [-0.2, -0.15) is 5.26 Å². The number of benzene rings is 2. The Morgan fingerprint density at radius 2 is 1.96 bits per heavy atom. The fraction of sp³-hybridized carbons (Fsp3) is 0.0667. The summed E-state index contributed by atoms with van der Waals surface area (Å²) in [5.41, 5.74) is -0.548. The largest absolute Gasteiger partial charge is 0.447 e. The number of sulfonamides is 1. The van der Waals surface area contributed by atoms with Crippen molar-refractivity contribution in [2.45, 2.75) is 4.90 Å². The summed E-state index contributed by atoms with van der Waals surface area (Å²) in [5, 5.41) is 19.2. The number of nitrogens with zero attached hydrogens (tertiary/aromatic N) is 2. The summed E-state index contributed by atoms with van der Waals surface area (Å²) in [6.45, 7) is -0.481. The van der Waals surface area contributed by atoms with Crippen LogP contribution in [0.4, 0.5) is 11.4 Å². The van der Waals surface area contributed by atoms with E-state index < -0.39 is 27.5 Å². The Morgan fingerprint density at radius 3 is 2.64 bits per heavy atom. The molecule has 0 aliphatic carbocycles. The Kier molecular flexibility index (Phi) is 5.31. The number of ether oxygens (including phenoxy) is 1. The van der Waals surface area contributed by atoms with E-state index in [4.69, 9.17) is 5.26 Å². The molecule has 0 atom stereocenters. The first-order valence-corrected chi connectivity index (χ1v) is 8.24. The van der Waals surface area contributed by atoms with E-state index >= 15 is 0 Å². The monoisotopic (exact) mass is 361 g/mol. The average Bonchev–Trinajstić information content (AvgIpc) is 2.60. The summed E-state index contributed by atoms with van der Waals surface area (Å²) in [5.74, 6) is -0.876. The first-order chi connectivity index (χ1) is 11.8. The van der Waals surface area contributed by atoms with E-state index in [1.165, 1.54) is 36.4 Å². The standard InChI is InChI=1S/C15H11N3O6S/c16-8-9-24-15(19)13-6-1-2-7-14(13)17-25(22,23)12-5-3-4-11(10-12)18(20)21/h1-7,10,17H,9H2. The molecule has 10 heteroatoms. The van der Waals surface area contributed by atoms with Gasteiger partial charge in [-0.25, -0.2) is 13.2 Å². The minimum atomic E-state index is -4.17. The van der Waals surface area contributed by atoms with E-state index in [9.17, 15) is 23.3 Å². The van der Waals surface area contributed by atoms with Crippen LogP contribution >= 0.6 is 0 Å². The molecule has 0 fully saturated rings. The second kappa shape index (κ2) is 7.41. The summed E-state index contributed by atoms with van der Waals surface area (Å²) in [7, 11) is -4.17. The molecule has 2 aromatic carbocycles. The number of para-hydroxylation sites is 1. The van der Waals surface area contributed by atoms with Gasteiger partial charge in [-0.1, -0.05) is 18.2 Å². The number of nitriles is 1. The van der Waals surface area contributed by atoms with Crippen molar-refractivity contribution in [3.05, 3.63) is 64.2 Å². The molecule has 0 saturated heterocycles. The summed E-state index contributed by atoms with van der Waals surface area (Å²) in [4.78, 5) is 21.6. The third kappa shape index (κ3) is 4.30. The number of anilines is 1. The van der Waals surface area contributed by atoms with Gasteiger partial charge in [-0.3, -0.25) is 14.8 Å². The van der Waals surface area contributed by atoms with Crippen molar-refractivity contribution in [3.63, 3.8) is 0 Å². The SMILES string of the molecule is N#CCOC(=O)c1ccccc1NS(=O)(=O)c1cccc([N+](=O)[O-])c1. The van der Waals surface area contributed by atoms with Crippen LogP contribution in [-0.2, 0) is 14.8 Å². The van der Waals surface area contributed by atoms with Gasteiger partial charge in [-0.15, -0.1) is 0 Å². The summed E-state index contributed by atoms with van der Waals surface area (Å²) in [6.07, 6.45) is 0. The van der Waals surface area contributed by atoms with Crippen LogP contribution in [0.1, 0.15) is 10.4 Å². The molecular weight excluding hydrogens is 350 g/mol. The molecule has 0 radical (unpaired) electrons. The molecule has 0 aliphatic heterocycles. The van der Waals surface area contributed by atoms with Gasteiger partial charge in [0.1, 0.15) is 6.07 Å². The first kappa shape index (κ1) is 17.9. The Labute approximate surface area is 142 Å². The Morgan fingerprint density at radius 1 is 1.24 bits per heavy atom. The molecule has 2 rings (SSSR count). The molecule has 2 aromatic rings. The highest BCUT2D eigenvalue weighted by atomic mass is 32.2. The lowest BCUT2D eigenvalue weighted by Crippen LogP contribution is -2.16. The predicted molar refractivity (Wildman–Crippen MR) is 86.2 cm³/mol. The Balaban J connectivity index is 2.36. The van der Waals surface area contributed by atoms with Crippen molar-refractivity contribution in [3.8, 4) is 6.07 Å². The molecule has 128 valence electrons. The molecular formula is C15H11N3O6S. The number of carbonyl (C=O) groups is 1. The highest BCUT2D eigenvalue weighted by Crippen LogP contribution is 2.23. The van der Waals surface area contributed by atoms with Gasteiger partial charge >= 0.3 is 5.97 Å². The molecule has 0 unspecified atom stereocenters. The van der Waals surface area contributed by atoms with Crippen molar-refractivity contribution >= 4 is 27.4 Å². The van der Waals surface area contributed by atoms with Gasteiger partial charge in [0.15, 0.2) is 6.61 Å². The zero-order valence-corrected chi connectivity index (χ0v) is 13.4. The molecule has 0 aromatic heterocycles. The number of nitrogens with one attached hydrogen (secondary N) is 1. The number of hydrogen-bond acceptors (Lipinski definition) is 7. The van der Waals surface area contributed by atoms with Crippen molar-refractivity contribution in [1.29, 1.82) is 5.26 Å². The third-order valence-electron chi connectivity index (χ3n) is 3.00. The van der Waals surface area contributed by atoms with Gasteiger partial charge in [0, 0.05) is 12.1 Å². The number of esters is 1. The highest BCUT2D eigenvalue weighted by Gasteiger charge is 2.21. The zero-order chi connectivity index (χ0) is 18.4. The van der Waals surface area contributed by atoms with Crippen LogP contribution in [0, 0.1) is 21.4 Å². The third-order valence-corrected chi connectivity index (χ3v) is 4.36. The topological polar surface area (TPSA) is 139 Å². The molecule has 9 nitrogen and oxygen atoms in total. The van der Waals surface area contributed by atoms with Gasteiger partial charge in [0.05, 0.1) is 21.1 Å². The van der Waals surface area contributed by atoms with Crippen molar-refractivity contribution in [2.24, 2.45) is 0 Å². The lowest BCUT2D eigenvalue weighted by molar-refractivity contribution is -0.385. The normalized spacial score (nSPS) is 10.5. The molecule has 0 aliphatic rings. The smallest absolute Gasteiger partial charge is 0.341 e. The van der Waals surface area contributed by atoms with Crippen LogP contribution in [-0.4, -0.2) is 25.9 Å². The maximum atomic E-state index is 12.4. The molecule has 0 spiro atoms. The summed E-state index contributed by atoms with van der Waals surface area (Å²) >= 11 is 0. The molecule has 0 saturated carbocycles. The van der Waals surface area contributed by atoms with Crippen LogP contribution in [0.15, 0.2) is 53.4 Å². The first-order valence-electron chi connectivity index (χ1n) is 6.75. The van der Waals surface area contributed by atoms with Crippen LogP contribution in [0.5, 0.6) is 0 Å². The lowest BCUT2D eigenvalue weighted by atomic mass is 10.2. The van der Waals surface area contributed by atoms with Gasteiger partial charge in [-0.05, 0) is 18.2 Å². The fourth-order valence-corrected chi connectivity index (χ4v) is 3.01. The van der Waals surface area contributed by atoms with Crippen LogP contribution in [0.3, 0.4) is 0 Å². The van der Waals surface area contributed by atoms with Crippen LogP contribution < -0.4 is 4.72 Å². The quantitative estimate of drug-likeness (QED) is 0.472. The number of nitro groups is 1. The minimum Gasteiger partial charge on any atom is -0.447 e. The van der Waals surface area contributed by atoms with Crippen molar-refractivity contribution < 1.29 is 22.9 Å². The molecule has 0 bridgehead atoms. The molecule has 0 amide bonds. The second-order valence-electron chi connectivity index (χ2n) is 4.64. The van der Waals surface area contributed by atoms with E-state index in [-0.39, 0.29) is 21.8 Å². The molecule has 1 N–H and O–H groups in total. The lowest BCUT2D eigenvalue weighted by Gasteiger charge is -2.11. The van der Waals surface area contributed by atoms with E-state index in [1.54, 1.807) is 6.07 Å². The van der Waals surface area contributed by atoms with E-state index in [2.05, 4.69) is 9.46 Å². The highest BCUT2D eigenvalue weighted by molar-refractivity contribution is 7.92. The fourth-order valence-electron chi connectivity index (χ4n) is 1.89. The van der Waals surface area contributed by atoms with Crippen LogP contribution in [0.25, 0.3) is 0 Å². The molecule has 0 heterocycles. The van der Waals surface area contributed by atoms with E-state index in [1.807, 2.05) is 0 Å². The number of carbonyl (C=O) groups excluding carboxylic acids is 1. The minimum absolute atomic E-state index is 0.0723. The van der Waals surface area contributed by atoms with Gasteiger partial charge in [0.2, 0.25) is 0 Å². The summed E-state index contributed by atoms with van der Waals surface area (Å²) < 4.78 is 31.7. The Bertz CT molecular complexity index is 965. The van der Waals surface area contributed by atoms with Gasteiger partial charge < -0.3 is 4.74 Å². The Hall–Kier alpha value is -3.45. The van der Waals surface area contributed by atoms with Crippen molar-refractivity contribution in [1.82, 2.24) is 0 Å². The van der Waals surface area contributed by atoms with E-state index in [0.717, 1.165) is 12.1 Å². The van der Waals surface area contributed by atoms with Gasteiger partial charge in [0.25, 0.3) is 15.7 Å². The maximum absolute atomic E-state index is 12.4. The second-order valence-corrected chi connectivity index (χ2v) is 6.32. The van der Waals surface area contributed by atoms with E-state index in [0.29, 0.717) is 0 Å². The molecule has 25 heavy (non-hydrogen) atoms.